The first-order chi connectivity index (χ1) is 16.5. The second kappa shape index (κ2) is 9.05. The lowest BCUT2D eigenvalue weighted by molar-refractivity contribution is -0.269. The number of oxime groups is 1. The molecule has 0 saturated heterocycles. The van der Waals surface area contributed by atoms with Crippen LogP contribution < -0.4 is 15.2 Å². The number of halogens is 3. The minimum absolute atomic E-state index is 0.0371. The van der Waals surface area contributed by atoms with Crippen molar-refractivity contribution in [3.63, 3.8) is 0 Å². The third-order valence-electron chi connectivity index (χ3n) is 5.87. The topological polar surface area (TPSA) is 109 Å². The van der Waals surface area contributed by atoms with Crippen molar-refractivity contribution in [2.75, 3.05) is 7.11 Å². The number of ether oxygens (including phenoxy) is 1. The molecule has 1 aromatic carbocycles. The van der Waals surface area contributed by atoms with Crippen LogP contribution in [0.4, 0.5) is 13.2 Å². The van der Waals surface area contributed by atoms with Gasteiger partial charge in [-0.15, -0.1) is 0 Å². The molecule has 11 heteroatoms. The molecule has 184 valence electrons. The van der Waals surface area contributed by atoms with E-state index in [2.05, 4.69) is 20.4 Å². The second-order valence-electron chi connectivity index (χ2n) is 8.67. The summed E-state index contributed by atoms with van der Waals surface area (Å²) in [7, 11) is 1.42. The Hall–Kier alpha value is -3.89. The number of carbonyl (C=O) groups is 1. The van der Waals surface area contributed by atoms with Gasteiger partial charge in [0.05, 0.1) is 30.5 Å². The molecule has 35 heavy (non-hydrogen) atoms. The predicted octanol–water partition coefficient (Wildman–Crippen LogP) is 3.73. The molecule has 0 bridgehead atoms. The van der Waals surface area contributed by atoms with Gasteiger partial charge in [0.25, 0.3) is 0 Å². The van der Waals surface area contributed by atoms with Crippen LogP contribution >= 0.6 is 0 Å². The average molecular weight is 487 g/mol. The van der Waals surface area contributed by atoms with Crippen molar-refractivity contribution in [2.24, 2.45) is 10.6 Å². The van der Waals surface area contributed by atoms with E-state index in [4.69, 9.17) is 9.57 Å². The number of pyridine rings is 2. The van der Waals surface area contributed by atoms with Gasteiger partial charge in [-0.3, -0.25) is 14.8 Å². The Morgan fingerprint density at radius 1 is 1.20 bits per heavy atom. The molecule has 2 aromatic heterocycles. The fourth-order valence-corrected chi connectivity index (χ4v) is 3.54. The van der Waals surface area contributed by atoms with Crippen LogP contribution in [0.2, 0.25) is 0 Å². The molecule has 1 atom stereocenters. The third-order valence-corrected chi connectivity index (χ3v) is 5.87. The van der Waals surface area contributed by atoms with Gasteiger partial charge >= 0.3 is 6.18 Å². The number of carbonyl (C=O) groups excluding carboxylic acids is 1. The Bertz CT molecular complexity index is 1290. The summed E-state index contributed by atoms with van der Waals surface area (Å²) in [5.41, 5.74) is 0.145. The van der Waals surface area contributed by atoms with Crippen molar-refractivity contribution in [1.29, 1.82) is 0 Å². The van der Waals surface area contributed by atoms with Crippen molar-refractivity contribution in [3.8, 4) is 22.8 Å². The molecule has 1 aliphatic rings. The first-order valence-electron chi connectivity index (χ1n) is 10.7. The highest BCUT2D eigenvalue weighted by Gasteiger charge is 2.53. The van der Waals surface area contributed by atoms with Crippen LogP contribution in [-0.2, 0) is 16.1 Å². The Morgan fingerprint density at radius 2 is 1.97 bits per heavy atom. The van der Waals surface area contributed by atoms with E-state index in [-0.39, 0.29) is 30.1 Å². The van der Waals surface area contributed by atoms with E-state index in [1.807, 2.05) is 6.07 Å². The molecule has 0 saturated carbocycles. The number of methoxy groups -OCH3 is 1. The van der Waals surface area contributed by atoms with E-state index in [1.165, 1.54) is 19.4 Å². The van der Waals surface area contributed by atoms with Crippen molar-refractivity contribution in [1.82, 2.24) is 15.3 Å². The molecule has 3 aromatic rings. The normalized spacial score (nSPS) is 16.1. The molecule has 0 aliphatic carbocycles. The maximum atomic E-state index is 13.2. The first kappa shape index (κ1) is 24.2. The Balaban J connectivity index is 1.38. The molecular weight excluding hydrogens is 465 g/mol. The zero-order valence-electron chi connectivity index (χ0n) is 19.1. The number of fused-ring (bicyclic) bond motifs is 1. The Labute approximate surface area is 198 Å². The summed E-state index contributed by atoms with van der Waals surface area (Å²) in [6.45, 7) is 2.05. The van der Waals surface area contributed by atoms with Crippen LogP contribution in [0.1, 0.15) is 25.8 Å². The number of benzene rings is 1. The maximum absolute atomic E-state index is 13.2. The van der Waals surface area contributed by atoms with Gasteiger partial charge < -0.3 is 20.0 Å². The average Bonchev–Trinajstić information content (AvgIpc) is 3.27. The molecule has 1 amide bonds. The monoisotopic (exact) mass is 487 g/mol. The predicted molar refractivity (Wildman–Crippen MR) is 120 cm³/mol. The summed E-state index contributed by atoms with van der Waals surface area (Å²) < 4.78 is 44.7. The molecule has 0 spiro atoms. The number of nitrogens with zero attached hydrogens (tertiary/aromatic N) is 3. The quantitative estimate of drug-likeness (QED) is 0.568. The van der Waals surface area contributed by atoms with Gasteiger partial charge in [0, 0.05) is 29.8 Å². The summed E-state index contributed by atoms with van der Waals surface area (Å²) in [6.07, 6.45) is -2.49. The number of aromatic nitrogens is 2. The van der Waals surface area contributed by atoms with Crippen LogP contribution in [0.3, 0.4) is 0 Å². The van der Waals surface area contributed by atoms with Crippen molar-refractivity contribution >= 4 is 22.5 Å². The number of hydrogen-bond donors (Lipinski definition) is 1. The number of amides is 1. The van der Waals surface area contributed by atoms with Crippen LogP contribution in [0, 0.1) is 5.41 Å². The smallest absolute Gasteiger partial charge is 0.399 e. The number of alkyl halides is 3. The number of hydrogen-bond acceptors (Lipinski definition) is 7. The molecule has 4 rings (SSSR count). The van der Waals surface area contributed by atoms with Gasteiger partial charge in [-0.2, -0.15) is 13.2 Å². The van der Waals surface area contributed by atoms with Gasteiger partial charge in [0.2, 0.25) is 12.1 Å². The summed E-state index contributed by atoms with van der Waals surface area (Å²) in [6, 6.07) is 8.29. The second-order valence-corrected chi connectivity index (χ2v) is 8.67. The van der Waals surface area contributed by atoms with Crippen molar-refractivity contribution < 1.29 is 32.6 Å². The Morgan fingerprint density at radius 3 is 2.63 bits per heavy atom. The summed E-state index contributed by atoms with van der Waals surface area (Å²) >= 11 is 0. The van der Waals surface area contributed by atoms with Gasteiger partial charge in [-0.05, 0) is 43.7 Å². The van der Waals surface area contributed by atoms with E-state index in [0.717, 1.165) is 19.2 Å². The standard InChI is InChI=1S/C24H23F3N4O4/c1-23(2,24(25,26)27)20-10-22(35-31-20)30-21(33)6-13-4-5-16(28-11-13)15-7-14-8-19(34-3)18(32)9-17(14)29-12-15/h4-5,7-9,11-12,22,32H,6,10H2,1-3H3,(H,30,33)/p-1. The molecular formula is C24H22F3N4O4-. The highest BCUT2D eigenvalue weighted by atomic mass is 19.4. The fourth-order valence-electron chi connectivity index (χ4n) is 3.54. The van der Waals surface area contributed by atoms with Crippen LogP contribution in [0.5, 0.6) is 11.5 Å². The SMILES string of the molecule is COc1cc2cc(-c3ccc(CC(=O)NC4CC(C(C)(C)C(F)(F)F)=NO4)cn3)cnc2cc1[O-]. The molecule has 1 N–H and O–H groups in total. The van der Waals surface area contributed by atoms with E-state index < -0.39 is 23.7 Å². The van der Waals surface area contributed by atoms with Gasteiger partial charge in [-0.25, -0.2) is 0 Å². The largest absolute Gasteiger partial charge is 0.870 e. The highest BCUT2D eigenvalue weighted by Crippen LogP contribution is 2.41. The van der Waals surface area contributed by atoms with Crippen LogP contribution in [-0.4, -0.2) is 41.1 Å². The van der Waals surface area contributed by atoms with Gasteiger partial charge in [0.1, 0.15) is 11.2 Å². The molecule has 0 radical (unpaired) electrons. The fraction of sp³-hybridized carbons (Fsp3) is 0.333. The minimum atomic E-state index is -4.48. The first-order valence-corrected chi connectivity index (χ1v) is 10.7. The Kier molecular flexibility index (Phi) is 6.27. The van der Waals surface area contributed by atoms with E-state index in [1.54, 1.807) is 24.4 Å². The van der Waals surface area contributed by atoms with Crippen molar-refractivity contribution in [3.05, 3.63) is 48.3 Å². The van der Waals surface area contributed by atoms with Crippen LogP contribution in [0.15, 0.2) is 47.9 Å². The molecule has 8 nitrogen and oxygen atoms in total. The lowest BCUT2D eigenvalue weighted by Crippen LogP contribution is -2.42. The zero-order valence-corrected chi connectivity index (χ0v) is 19.1. The van der Waals surface area contributed by atoms with E-state index in [9.17, 15) is 23.1 Å². The molecule has 1 unspecified atom stereocenters. The lowest BCUT2D eigenvalue weighted by atomic mass is 9.85. The summed E-state index contributed by atoms with van der Waals surface area (Å²) in [5, 5.41) is 18.7. The number of rotatable bonds is 6. The minimum Gasteiger partial charge on any atom is -0.870 e. The van der Waals surface area contributed by atoms with Crippen LogP contribution in [0.25, 0.3) is 22.2 Å². The highest BCUT2D eigenvalue weighted by molar-refractivity contribution is 5.92. The zero-order chi connectivity index (χ0) is 25.4. The van der Waals surface area contributed by atoms with Crippen molar-refractivity contribution in [2.45, 2.75) is 39.1 Å². The molecule has 0 fully saturated rings. The van der Waals surface area contributed by atoms with Gasteiger partial charge in [-0.1, -0.05) is 17.0 Å². The number of nitrogens with one attached hydrogen (secondary N) is 1. The molecule has 3 heterocycles. The maximum Gasteiger partial charge on any atom is 0.399 e. The summed E-state index contributed by atoms with van der Waals surface area (Å²) in [4.78, 5) is 26.1. The molecule has 1 aliphatic heterocycles. The third kappa shape index (κ3) is 4.98. The lowest BCUT2D eigenvalue weighted by Gasteiger charge is -2.26. The summed E-state index contributed by atoms with van der Waals surface area (Å²) in [5.74, 6) is -0.467. The van der Waals surface area contributed by atoms with E-state index >= 15 is 0 Å². The van der Waals surface area contributed by atoms with E-state index in [0.29, 0.717) is 22.3 Å². The van der Waals surface area contributed by atoms with Gasteiger partial charge in [0.15, 0.2) is 0 Å².